The maximum atomic E-state index is 12.8. The molecule has 0 spiro atoms. The van der Waals surface area contributed by atoms with Crippen LogP contribution in [0.2, 0.25) is 0 Å². The van der Waals surface area contributed by atoms with Gasteiger partial charge in [-0.3, -0.25) is 9.59 Å². The van der Waals surface area contributed by atoms with Gasteiger partial charge in [-0.2, -0.15) is 0 Å². The van der Waals surface area contributed by atoms with Crippen LogP contribution in [0.4, 0.5) is 0 Å². The van der Waals surface area contributed by atoms with Crippen LogP contribution >= 0.6 is 0 Å². The average Bonchev–Trinajstić information content (AvgIpc) is 2.79. The molecule has 2 aromatic rings. The number of benzene rings is 2. The lowest BCUT2D eigenvalue weighted by Gasteiger charge is -2.22. The van der Waals surface area contributed by atoms with E-state index in [9.17, 15) is 19.8 Å². The summed E-state index contributed by atoms with van der Waals surface area (Å²) in [5.41, 5.74) is 2.01. The Morgan fingerprint density at radius 2 is 1.32 bits per heavy atom. The SMILES string of the molecule is C=CC[C@H](CC(=O)N[C@@H](CO)Cc1ccccc1)C(=O)N[C@H](CO)Cc1ccccc1. The van der Waals surface area contributed by atoms with Crippen molar-refractivity contribution in [1.29, 1.82) is 0 Å². The first-order valence-corrected chi connectivity index (χ1v) is 10.6. The van der Waals surface area contributed by atoms with Crippen LogP contribution in [0, 0.1) is 5.92 Å². The maximum Gasteiger partial charge on any atom is 0.224 e. The van der Waals surface area contributed by atoms with Crippen molar-refractivity contribution < 1.29 is 19.8 Å². The summed E-state index contributed by atoms with van der Waals surface area (Å²) in [4.78, 5) is 25.3. The molecule has 2 amide bonds. The number of carbonyl (C=O) groups is 2. The van der Waals surface area contributed by atoms with Crippen LogP contribution in [0.1, 0.15) is 24.0 Å². The van der Waals surface area contributed by atoms with Gasteiger partial charge < -0.3 is 20.8 Å². The highest BCUT2D eigenvalue weighted by Crippen LogP contribution is 2.12. The van der Waals surface area contributed by atoms with Gasteiger partial charge in [0.1, 0.15) is 0 Å². The molecule has 0 saturated heterocycles. The third-order valence-electron chi connectivity index (χ3n) is 5.06. The largest absolute Gasteiger partial charge is 0.394 e. The third kappa shape index (κ3) is 8.74. The molecular weight excluding hydrogens is 392 g/mol. The molecule has 0 radical (unpaired) electrons. The zero-order valence-corrected chi connectivity index (χ0v) is 17.7. The standard InChI is InChI=1S/C25H32N2O4/c1-2-9-21(25(31)27-23(18-29)15-20-12-7-4-8-13-20)16-24(30)26-22(17-28)14-19-10-5-3-6-11-19/h2-8,10-13,21-23,28-29H,1,9,14-18H2,(H,26,30)(H,27,31)/t21-,22-,23+/m1/s1. The van der Waals surface area contributed by atoms with E-state index < -0.39 is 18.0 Å². The highest BCUT2D eigenvalue weighted by molar-refractivity contribution is 5.86. The van der Waals surface area contributed by atoms with E-state index in [2.05, 4.69) is 17.2 Å². The van der Waals surface area contributed by atoms with Crippen LogP contribution in [0.25, 0.3) is 0 Å². The molecule has 2 aromatic carbocycles. The first-order valence-electron chi connectivity index (χ1n) is 10.6. The molecule has 0 aliphatic carbocycles. The summed E-state index contributed by atoms with van der Waals surface area (Å²) in [6.07, 6.45) is 2.93. The zero-order chi connectivity index (χ0) is 22.5. The smallest absolute Gasteiger partial charge is 0.224 e. The number of hydrogen-bond donors (Lipinski definition) is 4. The fourth-order valence-corrected chi connectivity index (χ4v) is 3.43. The van der Waals surface area contributed by atoms with Crippen LogP contribution in [0.3, 0.4) is 0 Å². The van der Waals surface area contributed by atoms with Crippen LogP contribution in [-0.2, 0) is 22.4 Å². The van der Waals surface area contributed by atoms with E-state index in [-0.39, 0.29) is 31.4 Å². The number of allylic oxidation sites excluding steroid dienone is 1. The van der Waals surface area contributed by atoms with Gasteiger partial charge in [-0.25, -0.2) is 0 Å². The normalized spacial score (nSPS) is 13.6. The quantitative estimate of drug-likeness (QED) is 0.370. The molecule has 0 heterocycles. The summed E-state index contributed by atoms with van der Waals surface area (Å²) in [5.74, 6) is -1.20. The van der Waals surface area contributed by atoms with Crippen molar-refractivity contribution in [2.45, 2.75) is 37.8 Å². The molecule has 3 atom stereocenters. The van der Waals surface area contributed by atoms with Gasteiger partial charge in [0.05, 0.1) is 31.2 Å². The van der Waals surface area contributed by atoms with Crippen molar-refractivity contribution in [1.82, 2.24) is 10.6 Å². The summed E-state index contributed by atoms with van der Waals surface area (Å²) >= 11 is 0. The lowest BCUT2D eigenvalue weighted by atomic mass is 9.98. The van der Waals surface area contributed by atoms with E-state index in [1.807, 2.05) is 60.7 Å². The first kappa shape index (κ1) is 24.3. The monoisotopic (exact) mass is 424 g/mol. The molecule has 166 valence electrons. The van der Waals surface area contributed by atoms with Crippen molar-refractivity contribution in [3.63, 3.8) is 0 Å². The van der Waals surface area contributed by atoms with Crippen molar-refractivity contribution in [3.8, 4) is 0 Å². The Hall–Kier alpha value is -2.96. The highest BCUT2D eigenvalue weighted by Gasteiger charge is 2.24. The Bertz CT molecular complexity index is 811. The molecule has 0 fully saturated rings. The van der Waals surface area contributed by atoms with E-state index in [1.165, 1.54) is 0 Å². The van der Waals surface area contributed by atoms with Crippen molar-refractivity contribution >= 4 is 11.8 Å². The second-order valence-corrected chi connectivity index (χ2v) is 7.64. The van der Waals surface area contributed by atoms with Gasteiger partial charge in [0, 0.05) is 6.42 Å². The summed E-state index contributed by atoms with van der Waals surface area (Å²) in [5, 5.41) is 25.0. The number of nitrogens with one attached hydrogen (secondary N) is 2. The predicted octanol–water partition coefficient (Wildman–Crippen LogP) is 2.01. The van der Waals surface area contributed by atoms with Crippen LogP contribution in [0.15, 0.2) is 73.3 Å². The Morgan fingerprint density at radius 1 is 0.839 bits per heavy atom. The van der Waals surface area contributed by atoms with E-state index >= 15 is 0 Å². The van der Waals surface area contributed by atoms with Gasteiger partial charge in [0.2, 0.25) is 11.8 Å². The molecule has 0 bridgehead atoms. The molecular formula is C25H32N2O4. The topological polar surface area (TPSA) is 98.7 Å². The average molecular weight is 425 g/mol. The Morgan fingerprint density at radius 3 is 1.77 bits per heavy atom. The van der Waals surface area contributed by atoms with Crippen LogP contribution < -0.4 is 10.6 Å². The molecule has 0 aromatic heterocycles. The number of rotatable bonds is 13. The van der Waals surface area contributed by atoms with Gasteiger partial charge in [-0.15, -0.1) is 6.58 Å². The van der Waals surface area contributed by atoms with Gasteiger partial charge in [0.15, 0.2) is 0 Å². The van der Waals surface area contributed by atoms with Crippen molar-refractivity contribution in [2.75, 3.05) is 13.2 Å². The number of aliphatic hydroxyl groups excluding tert-OH is 2. The number of amides is 2. The van der Waals surface area contributed by atoms with Crippen molar-refractivity contribution in [3.05, 3.63) is 84.4 Å². The molecule has 6 nitrogen and oxygen atoms in total. The zero-order valence-electron chi connectivity index (χ0n) is 17.7. The van der Waals surface area contributed by atoms with Gasteiger partial charge in [-0.1, -0.05) is 66.7 Å². The molecule has 31 heavy (non-hydrogen) atoms. The van der Waals surface area contributed by atoms with Crippen molar-refractivity contribution in [2.24, 2.45) is 5.92 Å². The molecule has 2 rings (SSSR count). The Labute approximate surface area is 184 Å². The summed E-state index contributed by atoms with van der Waals surface area (Å²) < 4.78 is 0. The van der Waals surface area contributed by atoms with E-state index in [0.29, 0.717) is 19.3 Å². The molecule has 0 unspecified atom stereocenters. The number of aliphatic hydroxyl groups is 2. The molecule has 0 aliphatic rings. The van der Waals surface area contributed by atoms with E-state index in [4.69, 9.17) is 0 Å². The minimum Gasteiger partial charge on any atom is -0.394 e. The maximum absolute atomic E-state index is 12.8. The lowest BCUT2D eigenvalue weighted by molar-refractivity contribution is -0.131. The predicted molar refractivity (Wildman–Crippen MR) is 121 cm³/mol. The van der Waals surface area contributed by atoms with Gasteiger partial charge in [0.25, 0.3) is 0 Å². The highest BCUT2D eigenvalue weighted by atomic mass is 16.3. The van der Waals surface area contributed by atoms with Gasteiger partial charge >= 0.3 is 0 Å². The molecule has 6 heteroatoms. The van der Waals surface area contributed by atoms with E-state index in [0.717, 1.165) is 11.1 Å². The summed E-state index contributed by atoms with van der Waals surface area (Å²) in [6.45, 7) is 3.30. The lowest BCUT2D eigenvalue weighted by Crippen LogP contribution is -2.45. The fourth-order valence-electron chi connectivity index (χ4n) is 3.43. The summed E-state index contributed by atoms with van der Waals surface area (Å²) in [7, 11) is 0. The minimum atomic E-state index is -0.599. The second-order valence-electron chi connectivity index (χ2n) is 7.64. The first-order chi connectivity index (χ1) is 15.0. The Kier molecular flexibility index (Phi) is 10.5. The van der Waals surface area contributed by atoms with Crippen LogP contribution in [-0.4, -0.2) is 47.3 Å². The molecule has 4 N–H and O–H groups in total. The Balaban J connectivity index is 1.92. The molecule has 0 aliphatic heterocycles. The molecule has 0 saturated carbocycles. The van der Waals surface area contributed by atoms with Gasteiger partial charge in [-0.05, 0) is 30.4 Å². The third-order valence-corrected chi connectivity index (χ3v) is 5.06. The fraction of sp³-hybridized carbons (Fsp3) is 0.360. The van der Waals surface area contributed by atoms with Crippen LogP contribution in [0.5, 0.6) is 0 Å². The van der Waals surface area contributed by atoms with E-state index in [1.54, 1.807) is 6.08 Å². The number of carbonyl (C=O) groups excluding carboxylic acids is 2. The summed E-state index contributed by atoms with van der Waals surface area (Å²) in [6, 6.07) is 18.3. The second kappa shape index (κ2) is 13.4. The number of hydrogen-bond acceptors (Lipinski definition) is 4. The minimum absolute atomic E-state index is 0.0212.